The highest BCUT2D eigenvalue weighted by atomic mass is 32.2. The molecule has 6 atom stereocenters. The van der Waals surface area contributed by atoms with Gasteiger partial charge in [0.25, 0.3) is 0 Å². The van der Waals surface area contributed by atoms with E-state index in [4.69, 9.17) is 9.84 Å². The summed E-state index contributed by atoms with van der Waals surface area (Å²) in [4.78, 5) is 25.8. The number of amides is 1. The second-order valence-corrected chi connectivity index (χ2v) is 7.54. The predicted octanol–water partition coefficient (Wildman–Crippen LogP) is 0.371. The van der Waals surface area contributed by atoms with Gasteiger partial charge >= 0.3 is 5.97 Å². The van der Waals surface area contributed by atoms with Gasteiger partial charge in [0.05, 0.1) is 30.8 Å². The van der Waals surface area contributed by atoms with Gasteiger partial charge < -0.3 is 25.0 Å². The highest BCUT2D eigenvalue weighted by Crippen LogP contribution is 2.52. The third-order valence-corrected chi connectivity index (χ3v) is 6.27. The quantitative estimate of drug-likeness (QED) is 0.619. The lowest BCUT2D eigenvalue weighted by Gasteiger charge is -2.46. The fraction of sp³-hybridized carbons (Fsp3) is 0.733. The summed E-state index contributed by atoms with van der Waals surface area (Å²) in [6.45, 7) is 3.40. The number of thioether (sulfide) groups is 1. The average Bonchev–Trinajstić information content (AvgIpc) is 3.02. The first-order valence-corrected chi connectivity index (χ1v) is 8.66. The van der Waals surface area contributed by atoms with Crippen LogP contribution in [-0.4, -0.2) is 62.4 Å². The Morgan fingerprint density at radius 3 is 2.70 bits per heavy atom. The van der Waals surface area contributed by atoms with Crippen molar-refractivity contribution in [2.75, 3.05) is 6.61 Å². The van der Waals surface area contributed by atoms with Crippen molar-refractivity contribution in [2.24, 2.45) is 11.8 Å². The number of aliphatic carboxylic acids is 1. The average molecular weight is 343 g/mol. The molecule has 0 saturated carbocycles. The zero-order chi connectivity index (χ0) is 16.9. The van der Waals surface area contributed by atoms with Crippen LogP contribution in [0, 0.1) is 11.8 Å². The lowest BCUT2D eigenvalue weighted by molar-refractivity contribution is -0.163. The molecule has 0 bridgehead atoms. The normalized spacial score (nSPS) is 37.8. The lowest BCUT2D eigenvalue weighted by atomic mass is 9.79. The van der Waals surface area contributed by atoms with Crippen LogP contribution in [-0.2, 0) is 14.3 Å². The minimum Gasteiger partial charge on any atom is -0.477 e. The van der Waals surface area contributed by atoms with Gasteiger partial charge in [0.1, 0.15) is 11.1 Å². The smallest absolute Gasteiger partial charge is 0.353 e. The monoisotopic (exact) mass is 343 g/mol. The van der Waals surface area contributed by atoms with E-state index < -0.39 is 18.0 Å². The van der Waals surface area contributed by atoms with E-state index in [9.17, 15) is 19.8 Å². The van der Waals surface area contributed by atoms with E-state index in [2.05, 4.69) is 0 Å². The van der Waals surface area contributed by atoms with Crippen molar-refractivity contribution in [1.82, 2.24) is 4.90 Å². The number of carboxylic acid groups (broad SMARTS) is 1. The minimum absolute atomic E-state index is 0.0189. The molecule has 0 aromatic heterocycles. The van der Waals surface area contributed by atoms with Gasteiger partial charge in [-0.15, -0.1) is 0 Å². The van der Waals surface area contributed by atoms with Crippen molar-refractivity contribution < 1.29 is 29.6 Å². The maximum Gasteiger partial charge on any atom is 0.353 e. The van der Waals surface area contributed by atoms with E-state index in [-0.39, 0.29) is 41.7 Å². The SMILES string of the molecule is CC(O)[C@@H]1C(=O)N2C(C(=O)O)=C(S[C@H]3CCC(CO)O3)[C@H](C)[C@H]12. The second kappa shape index (κ2) is 6.08. The number of aliphatic hydroxyl groups excluding tert-OH is 2. The van der Waals surface area contributed by atoms with Crippen molar-refractivity contribution in [3.05, 3.63) is 10.6 Å². The number of hydrogen-bond acceptors (Lipinski definition) is 6. The van der Waals surface area contributed by atoms with Crippen molar-refractivity contribution in [3.8, 4) is 0 Å². The first-order chi connectivity index (χ1) is 10.9. The van der Waals surface area contributed by atoms with Gasteiger partial charge in [-0.3, -0.25) is 4.79 Å². The van der Waals surface area contributed by atoms with E-state index in [0.29, 0.717) is 4.91 Å². The van der Waals surface area contributed by atoms with Crippen LogP contribution in [0.4, 0.5) is 0 Å². The molecule has 3 N–H and O–H groups in total. The van der Waals surface area contributed by atoms with Gasteiger partial charge in [-0.05, 0) is 19.8 Å². The number of carbonyl (C=O) groups excluding carboxylic acids is 1. The maximum atomic E-state index is 12.2. The van der Waals surface area contributed by atoms with E-state index in [1.807, 2.05) is 6.92 Å². The highest BCUT2D eigenvalue weighted by Gasteiger charge is 2.60. The molecular formula is C15H21NO6S. The molecule has 3 rings (SSSR count). The number of carbonyl (C=O) groups is 2. The summed E-state index contributed by atoms with van der Waals surface area (Å²) in [6, 6.07) is -0.300. The Balaban J connectivity index is 1.83. The summed E-state index contributed by atoms with van der Waals surface area (Å²) >= 11 is 1.33. The molecule has 3 aliphatic heterocycles. The summed E-state index contributed by atoms with van der Waals surface area (Å²) in [6.07, 6.45) is 0.465. The molecule has 0 radical (unpaired) electrons. The Kier molecular flexibility index (Phi) is 4.43. The van der Waals surface area contributed by atoms with Crippen molar-refractivity contribution in [2.45, 2.75) is 50.4 Å². The molecule has 8 heteroatoms. The Bertz CT molecular complexity index is 562. The third kappa shape index (κ3) is 2.57. The second-order valence-electron chi connectivity index (χ2n) is 6.34. The Hall–Kier alpha value is -1.09. The molecule has 0 spiro atoms. The number of aliphatic hydroxyl groups is 2. The van der Waals surface area contributed by atoms with Crippen LogP contribution >= 0.6 is 11.8 Å². The molecule has 2 saturated heterocycles. The van der Waals surface area contributed by atoms with Gasteiger partial charge in [0.2, 0.25) is 5.91 Å². The predicted molar refractivity (Wildman–Crippen MR) is 82.2 cm³/mol. The van der Waals surface area contributed by atoms with E-state index in [1.165, 1.54) is 16.7 Å². The summed E-state index contributed by atoms with van der Waals surface area (Å²) in [5.74, 6) is -2.16. The van der Waals surface area contributed by atoms with Crippen molar-refractivity contribution in [1.29, 1.82) is 0 Å². The van der Waals surface area contributed by atoms with Gasteiger partial charge in [-0.2, -0.15) is 0 Å². The zero-order valence-corrected chi connectivity index (χ0v) is 13.8. The number of β-lactam (4-membered cyclic amide) rings is 1. The number of carboxylic acids is 1. The molecule has 3 aliphatic rings. The third-order valence-electron chi connectivity index (χ3n) is 4.84. The molecule has 7 nitrogen and oxygen atoms in total. The molecule has 0 aliphatic carbocycles. The van der Waals surface area contributed by atoms with Crippen molar-refractivity contribution in [3.63, 3.8) is 0 Å². The summed E-state index contributed by atoms with van der Waals surface area (Å²) in [5, 5.41) is 28.5. The number of rotatable bonds is 5. The van der Waals surface area contributed by atoms with Crippen LogP contribution in [0.15, 0.2) is 10.6 Å². The first kappa shape index (κ1) is 16.8. The van der Waals surface area contributed by atoms with Gasteiger partial charge in [0.15, 0.2) is 0 Å². The van der Waals surface area contributed by atoms with E-state index in [0.717, 1.165) is 12.8 Å². The maximum absolute atomic E-state index is 12.2. The van der Waals surface area contributed by atoms with E-state index >= 15 is 0 Å². The standard InChI is InChI=1S/C15H21NO6S/c1-6-11-10(7(2)18)14(19)16(11)12(15(20)21)13(6)23-9-4-3-8(5-17)22-9/h6-11,17-18H,3-5H2,1-2H3,(H,20,21)/t6-,7?,8?,9+,10+,11-/m1/s1. The van der Waals surface area contributed by atoms with Crippen molar-refractivity contribution >= 4 is 23.6 Å². The van der Waals surface area contributed by atoms with Crippen LogP contribution in [0.5, 0.6) is 0 Å². The summed E-state index contributed by atoms with van der Waals surface area (Å²) in [5.41, 5.74) is -0.191. The summed E-state index contributed by atoms with van der Waals surface area (Å²) in [7, 11) is 0. The number of fused-ring (bicyclic) bond motifs is 1. The Labute approximate surface area is 138 Å². The van der Waals surface area contributed by atoms with Crippen LogP contribution in [0.3, 0.4) is 0 Å². The van der Waals surface area contributed by atoms with Gasteiger partial charge in [-0.1, -0.05) is 18.7 Å². The lowest BCUT2D eigenvalue weighted by Crippen LogP contribution is -2.63. The molecule has 23 heavy (non-hydrogen) atoms. The van der Waals surface area contributed by atoms with E-state index in [1.54, 1.807) is 6.92 Å². The Morgan fingerprint density at radius 1 is 1.48 bits per heavy atom. The first-order valence-electron chi connectivity index (χ1n) is 7.78. The molecule has 0 aromatic carbocycles. The largest absolute Gasteiger partial charge is 0.477 e. The van der Waals surface area contributed by atoms with Gasteiger partial charge in [0, 0.05) is 10.8 Å². The van der Waals surface area contributed by atoms with Crippen LogP contribution in [0.1, 0.15) is 26.7 Å². The fourth-order valence-electron chi connectivity index (χ4n) is 3.71. The fourth-order valence-corrected chi connectivity index (χ4v) is 5.12. The number of ether oxygens (including phenoxy) is 1. The molecular weight excluding hydrogens is 322 g/mol. The number of nitrogens with zero attached hydrogens (tertiary/aromatic N) is 1. The summed E-state index contributed by atoms with van der Waals surface area (Å²) < 4.78 is 5.67. The Morgan fingerprint density at radius 2 is 2.17 bits per heavy atom. The molecule has 2 unspecified atom stereocenters. The van der Waals surface area contributed by atoms with Crippen LogP contribution in [0.25, 0.3) is 0 Å². The van der Waals surface area contributed by atoms with Crippen LogP contribution < -0.4 is 0 Å². The van der Waals surface area contributed by atoms with Gasteiger partial charge in [-0.25, -0.2) is 4.79 Å². The van der Waals surface area contributed by atoms with Crippen LogP contribution in [0.2, 0.25) is 0 Å². The molecule has 2 fully saturated rings. The minimum atomic E-state index is -1.13. The molecule has 3 heterocycles. The molecule has 1 amide bonds. The topological polar surface area (TPSA) is 107 Å². The molecule has 128 valence electrons. The highest BCUT2D eigenvalue weighted by molar-refractivity contribution is 8.03. The molecule has 0 aromatic rings. The zero-order valence-electron chi connectivity index (χ0n) is 13.0. The number of hydrogen-bond donors (Lipinski definition) is 3.